The summed E-state index contributed by atoms with van der Waals surface area (Å²) in [5, 5.41) is 11.6. The zero-order chi connectivity index (χ0) is 27.4. The van der Waals surface area contributed by atoms with Crippen molar-refractivity contribution >= 4 is 7.12 Å². The number of benzene rings is 5. The van der Waals surface area contributed by atoms with Crippen molar-refractivity contribution in [2.24, 2.45) is 0 Å². The Balaban J connectivity index is 1.66. The second-order valence-electron chi connectivity index (χ2n) is 10.1. The van der Waals surface area contributed by atoms with Gasteiger partial charge in [-0.2, -0.15) is 0 Å². The fourth-order valence-corrected chi connectivity index (χ4v) is 6.07. The van der Waals surface area contributed by atoms with Gasteiger partial charge in [-0.1, -0.05) is 158 Å². The van der Waals surface area contributed by atoms with Gasteiger partial charge in [-0.15, -0.1) is 6.58 Å². The highest BCUT2D eigenvalue weighted by molar-refractivity contribution is 6.48. The molecule has 1 aliphatic heterocycles. The van der Waals surface area contributed by atoms with Crippen LogP contribution in [0.3, 0.4) is 0 Å². The third kappa shape index (κ3) is 4.22. The molecule has 1 fully saturated rings. The molecule has 40 heavy (non-hydrogen) atoms. The van der Waals surface area contributed by atoms with Crippen molar-refractivity contribution in [3.63, 3.8) is 0 Å². The molecule has 4 heteroatoms. The maximum Gasteiger partial charge on any atom is 0.469 e. The first-order valence-electron chi connectivity index (χ1n) is 13.6. The molecule has 3 nitrogen and oxygen atoms in total. The molecule has 1 heterocycles. The molecular weight excluding hydrogens is 491 g/mol. The number of hydrogen-bond donors (Lipinski definition) is 1. The Bertz CT molecular complexity index is 1360. The molecule has 2 atom stereocenters. The first-order chi connectivity index (χ1) is 19.7. The first-order valence-corrected chi connectivity index (χ1v) is 13.6. The predicted octanol–water partition coefficient (Wildman–Crippen LogP) is 7.70. The normalized spacial score (nSPS) is 17.2. The fraction of sp³-hybridized carbons (Fsp3) is 0.111. The van der Waals surface area contributed by atoms with Gasteiger partial charge in [-0.05, 0) is 27.8 Å². The summed E-state index contributed by atoms with van der Waals surface area (Å²) in [6.45, 7) is 4.12. The maximum absolute atomic E-state index is 11.6. The van der Waals surface area contributed by atoms with Crippen molar-refractivity contribution in [2.45, 2.75) is 23.1 Å². The summed E-state index contributed by atoms with van der Waals surface area (Å²) in [5.74, 6) is -0.552. The van der Waals surface area contributed by atoms with Crippen LogP contribution in [0.25, 0.3) is 0 Å². The van der Waals surface area contributed by atoms with Gasteiger partial charge in [0.05, 0.1) is 6.10 Å². The smallest absolute Gasteiger partial charge is 0.394 e. The second-order valence-corrected chi connectivity index (χ2v) is 10.1. The van der Waals surface area contributed by atoms with E-state index in [0.717, 1.165) is 27.8 Å². The lowest BCUT2D eigenvalue weighted by molar-refractivity contribution is 0.00370. The Kier molecular flexibility index (Phi) is 7.23. The Morgan fingerprint density at radius 2 is 0.825 bits per heavy atom. The van der Waals surface area contributed by atoms with Crippen molar-refractivity contribution in [3.8, 4) is 0 Å². The van der Waals surface area contributed by atoms with Crippen LogP contribution >= 0.6 is 0 Å². The van der Waals surface area contributed by atoms with E-state index in [-0.39, 0.29) is 0 Å². The van der Waals surface area contributed by atoms with E-state index in [9.17, 15) is 5.11 Å². The van der Waals surface area contributed by atoms with Gasteiger partial charge in [0.25, 0.3) is 0 Å². The van der Waals surface area contributed by atoms with Crippen LogP contribution < -0.4 is 0 Å². The molecule has 5 aromatic carbocycles. The largest absolute Gasteiger partial charge is 0.469 e. The van der Waals surface area contributed by atoms with E-state index in [1.54, 1.807) is 6.08 Å². The zero-order valence-corrected chi connectivity index (χ0v) is 22.2. The molecule has 1 saturated heterocycles. The summed E-state index contributed by atoms with van der Waals surface area (Å²) in [7, 11) is -0.825. The average molecular weight is 522 g/mol. The first kappa shape index (κ1) is 26.0. The van der Waals surface area contributed by atoms with E-state index in [2.05, 4.69) is 55.1 Å². The third-order valence-corrected chi connectivity index (χ3v) is 7.90. The summed E-state index contributed by atoms with van der Waals surface area (Å²) in [6.07, 6.45) is 0.866. The van der Waals surface area contributed by atoms with Crippen LogP contribution in [-0.4, -0.2) is 12.2 Å². The molecular formula is C36H31BO3. The Morgan fingerprint density at radius 1 is 0.525 bits per heavy atom. The number of aliphatic hydroxyl groups excluding tert-OH is 1. The monoisotopic (exact) mass is 522 g/mol. The standard InChI is InChI=1S/C36H31BO3/c1-2-33(34(38)28-18-8-3-9-19-28)37-39-35(29-20-10-4-11-21-29,30-22-12-5-13-23-30)36(40-37,31-24-14-6-15-25-31)32-26-16-7-17-27-32/h2-27,33-34,38H,1H2/t33-,34-/m0/s1. The molecule has 0 spiro atoms. The zero-order valence-electron chi connectivity index (χ0n) is 22.2. The van der Waals surface area contributed by atoms with E-state index >= 15 is 0 Å². The van der Waals surface area contributed by atoms with Crippen LogP contribution in [0.2, 0.25) is 5.82 Å². The molecule has 1 aliphatic rings. The predicted molar refractivity (Wildman–Crippen MR) is 161 cm³/mol. The van der Waals surface area contributed by atoms with Gasteiger partial charge in [0.15, 0.2) is 0 Å². The van der Waals surface area contributed by atoms with Gasteiger partial charge < -0.3 is 14.4 Å². The molecule has 0 amide bonds. The summed E-state index contributed by atoms with van der Waals surface area (Å²) in [5.41, 5.74) is 2.39. The molecule has 6 rings (SSSR count). The molecule has 0 unspecified atom stereocenters. The number of rotatable bonds is 8. The molecule has 196 valence electrons. The highest BCUT2D eigenvalue weighted by Gasteiger charge is 2.67. The highest BCUT2D eigenvalue weighted by atomic mass is 16.7. The van der Waals surface area contributed by atoms with Gasteiger partial charge in [0.2, 0.25) is 0 Å². The quantitative estimate of drug-likeness (QED) is 0.168. The van der Waals surface area contributed by atoms with Crippen LogP contribution in [0.4, 0.5) is 0 Å². The Morgan fingerprint density at radius 3 is 1.12 bits per heavy atom. The topological polar surface area (TPSA) is 38.7 Å². The minimum Gasteiger partial charge on any atom is -0.394 e. The molecule has 0 aliphatic carbocycles. The van der Waals surface area contributed by atoms with Crippen molar-refractivity contribution in [1.82, 2.24) is 0 Å². The van der Waals surface area contributed by atoms with Crippen LogP contribution in [0.1, 0.15) is 33.9 Å². The lowest BCUT2D eigenvalue weighted by Crippen LogP contribution is -2.48. The minimum absolute atomic E-state index is 0.552. The van der Waals surface area contributed by atoms with E-state index in [1.165, 1.54) is 0 Å². The van der Waals surface area contributed by atoms with Crippen LogP contribution in [0.15, 0.2) is 164 Å². The average Bonchev–Trinajstić information content (AvgIpc) is 3.41. The molecule has 0 bridgehead atoms. The van der Waals surface area contributed by atoms with Crippen LogP contribution in [0, 0.1) is 0 Å². The summed E-state index contributed by atoms with van der Waals surface area (Å²) >= 11 is 0. The molecule has 0 saturated carbocycles. The maximum atomic E-state index is 11.6. The SMILES string of the molecule is C=C[C@H](B1OC(c2ccccc2)(c2ccccc2)C(c2ccccc2)(c2ccccc2)O1)[C@@H](O)c1ccccc1. The number of hydrogen-bond acceptors (Lipinski definition) is 3. The van der Waals surface area contributed by atoms with Crippen molar-refractivity contribution in [2.75, 3.05) is 0 Å². The molecule has 0 radical (unpaired) electrons. The van der Waals surface area contributed by atoms with E-state index in [4.69, 9.17) is 9.31 Å². The van der Waals surface area contributed by atoms with Gasteiger partial charge in [-0.3, -0.25) is 0 Å². The summed E-state index contributed by atoms with van der Waals surface area (Å²) in [4.78, 5) is 0. The summed E-state index contributed by atoms with van der Waals surface area (Å²) < 4.78 is 14.6. The van der Waals surface area contributed by atoms with Gasteiger partial charge in [-0.25, -0.2) is 0 Å². The summed E-state index contributed by atoms with van der Waals surface area (Å²) in [6, 6.07) is 50.6. The van der Waals surface area contributed by atoms with Gasteiger partial charge >= 0.3 is 7.12 Å². The molecule has 5 aromatic rings. The molecule has 0 aromatic heterocycles. The van der Waals surface area contributed by atoms with Crippen molar-refractivity contribution < 1.29 is 14.4 Å². The van der Waals surface area contributed by atoms with E-state index in [1.807, 2.05) is 103 Å². The number of aliphatic hydroxyl groups is 1. The second kappa shape index (κ2) is 11.1. The van der Waals surface area contributed by atoms with Crippen molar-refractivity contribution in [1.29, 1.82) is 0 Å². The minimum atomic E-state index is -1.10. The third-order valence-electron chi connectivity index (χ3n) is 7.90. The van der Waals surface area contributed by atoms with Crippen LogP contribution in [-0.2, 0) is 20.5 Å². The van der Waals surface area contributed by atoms with Gasteiger partial charge in [0.1, 0.15) is 11.2 Å². The lowest BCUT2D eigenvalue weighted by Gasteiger charge is -2.46. The van der Waals surface area contributed by atoms with E-state index < -0.39 is 30.2 Å². The lowest BCUT2D eigenvalue weighted by atomic mass is 9.66. The molecule has 1 N–H and O–H groups in total. The Hall–Kier alpha value is -4.22. The van der Waals surface area contributed by atoms with Crippen LogP contribution in [0.5, 0.6) is 0 Å². The Labute approximate surface area is 236 Å². The van der Waals surface area contributed by atoms with Crippen molar-refractivity contribution in [3.05, 3.63) is 192 Å². The van der Waals surface area contributed by atoms with Gasteiger partial charge in [0, 0.05) is 5.82 Å². The fourth-order valence-electron chi connectivity index (χ4n) is 6.07. The van der Waals surface area contributed by atoms with E-state index in [0.29, 0.717) is 0 Å². The highest BCUT2D eigenvalue weighted by Crippen LogP contribution is 2.60.